The molecule has 0 aliphatic rings. The van der Waals surface area contributed by atoms with E-state index in [1.54, 1.807) is 72.8 Å². The van der Waals surface area contributed by atoms with Gasteiger partial charge in [0.1, 0.15) is 5.71 Å². The first-order valence-electron chi connectivity index (χ1n) is 12.2. The summed E-state index contributed by atoms with van der Waals surface area (Å²) in [4.78, 5) is 28.2. The number of halogens is 4. The molecule has 0 aromatic heterocycles. The minimum atomic E-state index is -5.14. The number of thioether (sulfide) groups is 1. The number of Topliss-reactive ketones (excluding diaryl/α,β-unsaturated/α-hetero) is 1. The van der Waals surface area contributed by atoms with E-state index in [9.17, 15) is 27.0 Å². The second kappa shape index (κ2) is 14.7. The fourth-order valence-electron chi connectivity index (χ4n) is 3.53. The Morgan fingerprint density at radius 2 is 1.29 bits per heavy atom. The van der Waals surface area contributed by atoms with E-state index in [2.05, 4.69) is 9.44 Å². The van der Waals surface area contributed by atoms with Crippen molar-refractivity contribution in [2.45, 2.75) is 26.6 Å². The average molecular weight is 648 g/mol. The molecule has 216 valence electrons. The van der Waals surface area contributed by atoms with Gasteiger partial charge in [-0.2, -0.15) is 13.2 Å². The molecular formula is C30H21ClF3NO4S3. The molecule has 0 spiro atoms. The van der Waals surface area contributed by atoms with Gasteiger partial charge in [0.05, 0.1) is 0 Å². The zero-order valence-corrected chi connectivity index (χ0v) is 24.8. The highest BCUT2D eigenvalue weighted by molar-refractivity contribution is 7.99. The molecule has 0 N–H and O–H groups in total. The first kappa shape index (κ1) is 31.6. The predicted octanol–water partition coefficient (Wildman–Crippen LogP) is 8.64. The third-order valence-electron chi connectivity index (χ3n) is 5.59. The van der Waals surface area contributed by atoms with Crippen molar-refractivity contribution >= 4 is 63.5 Å². The minimum absolute atomic E-state index is 0.0360. The molecule has 5 nitrogen and oxygen atoms in total. The maximum atomic E-state index is 13.1. The lowest BCUT2D eigenvalue weighted by Gasteiger charge is -2.08. The minimum Gasteiger partial charge on any atom is -0.289 e. The molecule has 0 saturated heterocycles. The Balaban J connectivity index is 1.42. The molecule has 0 saturated carbocycles. The monoisotopic (exact) mass is 647 g/mol. The standard InChI is InChI=1S/C30H21ClF3NO4S3/c31-23-10-16-24(17-11-23)40-19-18-27(35-39-42(38)30(32,33)34)29(37)22-8-14-26(15-9-22)41-25-12-6-21(7-13-25)28(36)20-4-2-1-3-5-20/h1-17H,18-19H2. The number of benzene rings is 4. The average Bonchev–Trinajstić information content (AvgIpc) is 2.99. The predicted molar refractivity (Wildman–Crippen MR) is 161 cm³/mol. The van der Waals surface area contributed by atoms with Gasteiger partial charge in [0.2, 0.25) is 5.78 Å². The lowest BCUT2D eigenvalue weighted by molar-refractivity contribution is -0.0471. The fraction of sp³-hybridized carbons (Fsp3) is 0.100. The molecule has 0 heterocycles. The van der Waals surface area contributed by atoms with Crippen LogP contribution in [0.2, 0.25) is 5.02 Å². The van der Waals surface area contributed by atoms with Crippen LogP contribution < -0.4 is 0 Å². The number of ketones is 2. The largest absolute Gasteiger partial charge is 0.510 e. The van der Waals surface area contributed by atoms with Crippen LogP contribution >= 0.6 is 35.1 Å². The summed E-state index contributed by atoms with van der Waals surface area (Å²) >= 11 is 4.93. The molecule has 0 aliphatic carbocycles. The number of alkyl halides is 3. The lowest BCUT2D eigenvalue weighted by atomic mass is 10.0. The van der Waals surface area contributed by atoms with Gasteiger partial charge in [0, 0.05) is 48.6 Å². The third-order valence-corrected chi connectivity index (χ3v) is 8.46. The third kappa shape index (κ3) is 9.06. The summed E-state index contributed by atoms with van der Waals surface area (Å²) in [5.74, 6) is -0.432. The van der Waals surface area contributed by atoms with E-state index < -0.39 is 22.4 Å². The molecule has 0 fully saturated rings. The van der Waals surface area contributed by atoms with Crippen molar-refractivity contribution in [1.82, 2.24) is 0 Å². The van der Waals surface area contributed by atoms with Gasteiger partial charge in [0.25, 0.3) is 0 Å². The summed E-state index contributed by atoms with van der Waals surface area (Å²) in [6.45, 7) is 0. The number of oxime groups is 1. The van der Waals surface area contributed by atoms with Crippen molar-refractivity contribution in [2.75, 3.05) is 5.75 Å². The van der Waals surface area contributed by atoms with Crippen molar-refractivity contribution in [3.05, 3.63) is 125 Å². The van der Waals surface area contributed by atoms with Gasteiger partial charge in [-0.05, 0) is 72.8 Å². The molecule has 4 rings (SSSR count). The van der Waals surface area contributed by atoms with Gasteiger partial charge in [0.15, 0.2) is 5.78 Å². The second-order valence-corrected chi connectivity index (χ2v) is 12.4. The molecule has 0 aliphatic heterocycles. The number of rotatable bonds is 12. The van der Waals surface area contributed by atoms with E-state index >= 15 is 0 Å². The second-order valence-electron chi connectivity index (χ2n) is 8.52. The SMILES string of the molecule is O=C(C(CCSc1ccc(Cl)cc1)=NOS(=O)C(F)(F)F)c1ccc(Sc2ccc(C(=O)c3ccccc3)cc2)cc1. The van der Waals surface area contributed by atoms with E-state index in [1.807, 2.05) is 18.2 Å². The zero-order valence-electron chi connectivity index (χ0n) is 21.5. The van der Waals surface area contributed by atoms with Crippen molar-refractivity contribution in [3.8, 4) is 0 Å². The van der Waals surface area contributed by atoms with Gasteiger partial charge in [-0.25, -0.2) is 4.21 Å². The maximum Gasteiger partial charge on any atom is 0.510 e. The normalized spacial score (nSPS) is 12.5. The van der Waals surface area contributed by atoms with Crippen molar-refractivity contribution in [2.24, 2.45) is 5.16 Å². The van der Waals surface area contributed by atoms with Gasteiger partial charge in [-0.15, -0.1) is 11.8 Å². The first-order chi connectivity index (χ1) is 20.1. The molecular weight excluding hydrogens is 627 g/mol. The maximum absolute atomic E-state index is 13.1. The summed E-state index contributed by atoms with van der Waals surface area (Å²) < 4.78 is 53.5. The number of carbonyl (C=O) groups is 2. The number of nitrogens with zero attached hydrogens (tertiary/aromatic N) is 1. The van der Waals surface area contributed by atoms with Crippen LogP contribution in [-0.2, 0) is 15.4 Å². The molecule has 0 bridgehead atoms. The van der Waals surface area contributed by atoms with E-state index in [1.165, 1.54) is 35.7 Å². The van der Waals surface area contributed by atoms with Crippen LogP contribution in [0.3, 0.4) is 0 Å². The van der Waals surface area contributed by atoms with Crippen molar-refractivity contribution < 1.29 is 31.3 Å². The van der Waals surface area contributed by atoms with Gasteiger partial charge in [-0.1, -0.05) is 58.9 Å². The summed E-state index contributed by atoms with van der Waals surface area (Å²) in [6, 6.07) is 29.4. The van der Waals surface area contributed by atoms with Crippen LogP contribution in [0.25, 0.3) is 0 Å². The topological polar surface area (TPSA) is 72.8 Å². The Morgan fingerprint density at radius 3 is 1.86 bits per heavy atom. The first-order valence-corrected chi connectivity index (χ1v) is 15.5. The number of hydrogen-bond donors (Lipinski definition) is 0. The van der Waals surface area contributed by atoms with E-state index in [0.717, 1.165) is 14.7 Å². The Bertz CT molecular complexity index is 1580. The van der Waals surface area contributed by atoms with Gasteiger partial charge in [-0.3, -0.25) is 13.9 Å². The molecule has 0 amide bonds. The Labute approximate surface area is 256 Å². The van der Waals surface area contributed by atoms with Crippen LogP contribution in [0.5, 0.6) is 0 Å². The van der Waals surface area contributed by atoms with E-state index in [0.29, 0.717) is 21.9 Å². The van der Waals surface area contributed by atoms with Gasteiger partial charge >= 0.3 is 16.6 Å². The highest BCUT2D eigenvalue weighted by atomic mass is 35.5. The molecule has 4 aromatic carbocycles. The van der Waals surface area contributed by atoms with Crippen LogP contribution in [0.15, 0.2) is 123 Å². The Hall–Kier alpha value is -3.38. The number of hydrogen-bond acceptors (Lipinski definition) is 7. The van der Waals surface area contributed by atoms with Crippen molar-refractivity contribution in [1.29, 1.82) is 0 Å². The molecule has 4 aromatic rings. The molecule has 0 radical (unpaired) electrons. The quantitative estimate of drug-likeness (QED) is 0.0663. The summed E-state index contributed by atoms with van der Waals surface area (Å²) in [5.41, 5.74) is -4.10. The summed E-state index contributed by atoms with van der Waals surface area (Å²) in [6.07, 6.45) is -0.0360. The highest BCUT2D eigenvalue weighted by Gasteiger charge is 2.40. The summed E-state index contributed by atoms with van der Waals surface area (Å²) in [5, 5.41) is 3.88. The van der Waals surface area contributed by atoms with Gasteiger partial charge < -0.3 is 0 Å². The van der Waals surface area contributed by atoms with Crippen LogP contribution in [0.1, 0.15) is 32.7 Å². The zero-order chi connectivity index (χ0) is 30.1. The lowest BCUT2D eigenvalue weighted by Crippen LogP contribution is -2.20. The highest BCUT2D eigenvalue weighted by Crippen LogP contribution is 2.29. The molecule has 1 unspecified atom stereocenters. The smallest absolute Gasteiger partial charge is 0.289 e. The summed E-state index contributed by atoms with van der Waals surface area (Å²) in [7, 11) is 0. The Kier molecular flexibility index (Phi) is 11.0. The number of carbonyl (C=O) groups excluding carboxylic acids is 2. The Morgan fingerprint density at radius 1 is 0.762 bits per heavy atom. The van der Waals surface area contributed by atoms with Crippen LogP contribution in [-0.4, -0.2) is 32.7 Å². The van der Waals surface area contributed by atoms with E-state index in [-0.39, 0.29) is 23.5 Å². The van der Waals surface area contributed by atoms with Crippen molar-refractivity contribution in [3.63, 3.8) is 0 Å². The molecule has 1 atom stereocenters. The van der Waals surface area contributed by atoms with Crippen LogP contribution in [0.4, 0.5) is 13.2 Å². The van der Waals surface area contributed by atoms with E-state index in [4.69, 9.17) is 11.6 Å². The van der Waals surface area contributed by atoms with Crippen LogP contribution in [0, 0.1) is 0 Å². The molecule has 12 heteroatoms. The molecule has 42 heavy (non-hydrogen) atoms. The fourth-order valence-corrected chi connectivity index (χ4v) is 5.57.